The number of hydrogen-bond acceptors (Lipinski definition) is 4. The molecule has 1 rings (SSSR count). The summed E-state index contributed by atoms with van der Waals surface area (Å²) in [6.07, 6.45) is 2.00. The summed E-state index contributed by atoms with van der Waals surface area (Å²) < 4.78 is 5.26. The molecule has 20 heavy (non-hydrogen) atoms. The predicted molar refractivity (Wildman–Crippen MR) is 76.2 cm³/mol. The van der Waals surface area contributed by atoms with Crippen LogP contribution in [0.15, 0.2) is 30.3 Å². The molecule has 0 aliphatic heterocycles. The topological polar surface area (TPSA) is 69.4 Å². The molecule has 0 saturated carbocycles. The molecule has 5 heteroatoms. The molecule has 0 fully saturated rings. The summed E-state index contributed by atoms with van der Waals surface area (Å²) in [7, 11) is 0. The number of nitrogens with zero attached hydrogens (tertiary/aromatic N) is 1. The van der Waals surface area contributed by atoms with Gasteiger partial charge < -0.3 is 4.74 Å². The van der Waals surface area contributed by atoms with Gasteiger partial charge in [0.25, 0.3) is 0 Å². The molecule has 5 nitrogen and oxygen atoms in total. The van der Waals surface area contributed by atoms with E-state index < -0.39 is 12.0 Å². The van der Waals surface area contributed by atoms with Gasteiger partial charge in [0.05, 0.1) is 5.92 Å². The second-order valence-corrected chi connectivity index (χ2v) is 4.80. The fraction of sp³-hybridized carbons (Fsp3) is 0.533. The van der Waals surface area contributed by atoms with Gasteiger partial charge in [0, 0.05) is 17.8 Å². The molecule has 0 heterocycles. The minimum absolute atomic E-state index is 0.239. The van der Waals surface area contributed by atoms with Crippen molar-refractivity contribution in [3.05, 3.63) is 40.4 Å². The maximum Gasteiger partial charge on any atom is 0.314 e. The summed E-state index contributed by atoms with van der Waals surface area (Å²) in [4.78, 5) is 22.7. The van der Waals surface area contributed by atoms with Crippen LogP contribution in [0.2, 0.25) is 0 Å². The normalized spacial score (nSPS) is 13.5. The third-order valence-corrected chi connectivity index (χ3v) is 3.26. The molecule has 0 aliphatic carbocycles. The number of ether oxygens (including phenoxy) is 1. The van der Waals surface area contributed by atoms with Crippen molar-refractivity contribution in [1.29, 1.82) is 0 Å². The van der Waals surface area contributed by atoms with Crippen molar-refractivity contribution >= 4 is 5.97 Å². The summed E-state index contributed by atoms with van der Waals surface area (Å²) in [5.74, 6) is -0.345. The molecule has 110 valence electrons. The Hall–Kier alpha value is -1.91. The number of carbonyl (C=O) groups excluding carboxylic acids is 1. The molecule has 0 aliphatic rings. The zero-order valence-corrected chi connectivity index (χ0v) is 12.0. The summed E-state index contributed by atoms with van der Waals surface area (Å²) >= 11 is 0. The van der Waals surface area contributed by atoms with Gasteiger partial charge in [-0.05, 0) is 25.0 Å². The third-order valence-electron chi connectivity index (χ3n) is 3.26. The van der Waals surface area contributed by atoms with Crippen molar-refractivity contribution < 1.29 is 14.5 Å². The van der Waals surface area contributed by atoms with Crippen molar-refractivity contribution in [1.82, 2.24) is 0 Å². The molecular weight excluding hydrogens is 258 g/mol. The second-order valence-electron chi connectivity index (χ2n) is 4.80. The van der Waals surface area contributed by atoms with Gasteiger partial charge in [-0.1, -0.05) is 32.0 Å². The minimum Gasteiger partial charge on any atom is -0.426 e. The molecule has 0 amide bonds. The summed E-state index contributed by atoms with van der Waals surface area (Å²) in [5, 5.41) is 11.0. The van der Waals surface area contributed by atoms with Gasteiger partial charge in [-0.3, -0.25) is 14.9 Å². The fourth-order valence-corrected chi connectivity index (χ4v) is 2.09. The highest BCUT2D eigenvalue weighted by molar-refractivity contribution is 5.75. The Morgan fingerprint density at radius 1 is 1.30 bits per heavy atom. The zero-order chi connectivity index (χ0) is 15.0. The van der Waals surface area contributed by atoms with E-state index in [2.05, 4.69) is 0 Å². The third kappa shape index (κ3) is 4.99. The van der Waals surface area contributed by atoms with Crippen molar-refractivity contribution in [2.75, 3.05) is 0 Å². The van der Waals surface area contributed by atoms with E-state index in [1.807, 2.05) is 19.9 Å². The smallest absolute Gasteiger partial charge is 0.314 e. The van der Waals surface area contributed by atoms with Crippen molar-refractivity contribution in [3.63, 3.8) is 0 Å². The Morgan fingerprint density at radius 2 is 1.95 bits per heavy atom. The van der Waals surface area contributed by atoms with E-state index in [1.54, 1.807) is 24.3 Å². The Bertz CT molecular complexity index is 433. The lowest BCUT2D eigenvalue weighted by Crippen LogP contribution is -2.29. The van der Waals surface area contributed by atoms with E-state index in [4.69, 9.17) is 4.74 Å². The summed E-state index contributed by atoms with van der Waals surface area (Å²) in [6.45, 7) is 3.75. The van der Waals surface area contributed by atoms with Crippen LogP contribution in [0.4, 0.5) is 0 Å². The molecule has 2 atom stereocenters. The molecule has 1 aromatic carbocycles. The zero-order valence-electron chi connectivity index (χ0n) is 12.0. The number of carbonyl (C=O) groups is 1. The van der Waals surface area contributed by atoms with Crippen LogP contribution in [-0.2, 0) is 4.79 Å². The average Bonchev–Trinajstić information content (AvgIpc) is 2.44. The first kappa shape index (κ1) is 16.1. The Kier molecular flexibility index (Phi) is 6.70. The fourth-order valence-electron chi connectivity index (χ4n) is 2.09. The molecule has 0 radical (unpaired) electrons. The lowest BCUT2D eigenvalue weighted by Gasteiger charge is -2.16. The largest absolute Gasteiger partial charge is 0.426 e. The lowest BCUT2D eigenvalue weighted by atomic mass is 9.95. The second kappa shape index (κ2) is 8.30. The Balaban J connectivity index is 2.64. The number of benzene rings is 1. The van der Waals surface area contributed by atoms with Crippen LogP contribution in [0.3, 0.4) is 0 Å². The molecule has 0 N–H and O–H groups in total. The average molecular weight is 279 g/mol. The maximum atomic E-state index is 12.1. The number of rotatable bonds is 8. The van der Waals surface area contributed by atoms with Crippen LogP contribution >= 0.6 is 0 Å². The molecule has 0 saturated heterocycles. The molecule has 0 spiro atoms. The number of hydrogen-bond donors (Lipinski definition) is 0. The SMILES string of the molecule is CCCC(CC(CC)C(=O)Oc1ccccc1)[N+](=O)[O-]. The monoisotopic (exact) mass is 279 g/mol. The van der Waals surface area contributed by atoms with Gasteiger partial charge in [-0.25, -0.2) is 0 Å². The lowest BCUT2D eigenvalue weighted by molar-refractivity contribution is -0.525. The van der Waals surface area contributed by atoms with E-state index in [-0.39, 0.29) is 17.3 Å². The minimum atomic E-state index is -0.673. The Labute approximate surface area is 119 Å². The first-order chi connectivity index (χ1) is 9.58. The van der Waals surface area contributed by atoms with Crippen LogP contribution in [0.25, 0.3) is 0 Å². The first-order valence-corrected chi connectivity index (χ1v) is 6.98. The summed E-state index contributed by atoms with van der Waals surface area (Å²) in [6, 6.07) is 8.11. The van der Waals surface area contributed by atoms with E-state index in [1.165, 1.54) is 0 Å². The molecule has 2 unspecified atom stereocenters. The highest BCUT2D eigenvalue weighted by Gasteiger charge is 2.28. The van der Waals surface area contributed by atoms with Crippen LogP contribution in [0, 0.1) is 16.0 Å². The van der Waals surface area contributed by atoms with Crippen LogP contribution < -0.4 is 4.74 Å². The van der Waals surface area contributed by atoms with E-state index in [0.29, 0.717) is 18.6 Å². The van der Waals surface area contributed by atoms with E-state index >= 15 is 0 Å². The van der Waals surface area contributed by atoms with Crippen molar-refractivity contribution in [3.8, 4) is 5.75 Å². The van der Waals surface area contributed by atoms with Gasteiger partial charge >= 0.3 is 5.97 Å². The highest BCUT2D eigenvalue weighted by atomic mass is 16.6. The molecule has 0 aromatic heterocycles. The standard InChI is InChI=1S/C15H21NO4/c1-3-8-13(16(18)19)11-12(4-2)15(17)20-14-9-6-5-7-10-14/h5-7,9-10,12-13H,3-4,8,11H2,1-2H3. The molecule has 0 bridgehead atoms. The van der Waals surface area contributed by atoms with E-state index in [9.17, 15) is 14.9 Å². The number of nitro groups is 1. The van der Waals surface area contributed by atoms with Crippen molar-refractivity contribution in [2.45, 2.75) is 45.6 Å². The maximum absolute atomic E-state index is 12.1. The predicted octanol–water partition coefficient (Wildman–Crippen LogP) is 3.45. The molecular formula is C15H21NO4. The number of para-hydroxylation sites is 1. The number of esters is 1. The quantitative estimate of drug-likeness (QED) is 0.316. The Morgan fingerprint density at radius 3 is 2.45 bits per heavy atom. The first-order valence-electron chi connectivity index (χ1n) is 6.98. The summed E-state index contributed by atoms with van der Waals surface area (Å²) in [5.41, 5.74) is 0. The highest BCUT2D eigenvalue weighted by Crippen LogP contribution is 2.20. The van der Waals surface area contributed by atoms with Crippen LogP contribution in [0.1, 0.15) is 39.5 Å². The van der Waals surface area contributed by atoms with Crippen molar-refractivity contribution in [2.24, 2.45) is 5.92 Å². The molecule has 1 aromatic rings. The van der Waals surface area contributed by atoms with Gasteiger partial charge in [0.15, 0.2) is 0 Å². The van der Waals surface area contributed by atoms with Gasteiger partial charge in [0.2, 0.25) is 6.04 Å². The van der Waals surface area contributed by atoms with Crippen LogP contribution in [-0.4, -0.2) is 16.9 Å². The van der Waals surface area contributed by atoms with E-state index in [0.717, 1.165) is 6.42 Å². The van der Waals surface area contributed by atoms with Gasteiger partial charge in [0.1, 0.15) is 5.75 Å². The van der Waals surface area contributed by atoms with Gasteiger partial charge in [-0.2, -0.15) is 0 Å². The van der Waals surface area contributed by atoms with Gasteiger partial charge in [-0.15, -0.1) is 0 Å². The van der Waals surface area contributed by atoms with Crippen LogP contribution in [0.5, 0.6) is 5.75 Å².